The number of aliphatic hydroxyl groups is 22. The Balaban J connectivity index is 0.0000162. The molecular formula is C89H143NO44. The first-order valence-electron chi connectivity index (χ1n) is 45.6. The first-order valence-corrected chi connectivity index (χ1v) is 45.6. The van der Waals surface area contributed by atoms with Crippen molar-refractivity contribution in [3.05, 3.63) is 36.0 Å². The third kappa shape index (κ3) is 20.5. The first-order chi connectivity index (χ1) is 62.3. The minimum atomic E-state index is -2.34. The Morgan fingerprint density at radius 3 is 1.75 bits per heavy atom. The summed E-state index contributed by atoms with van der Waals surface area (Å²) in [6.07, 6.45) is -58.8. The predicted molar refractivity (Wildman–Crippen MR) is 448 cm³/mol. The van der Waals surface area contributed by atoms with Crippen molar-refractivity contribution < 1.29 is 217 Å². The van der Waals surface area contributed by atoms with Gasteiger partial charge in [-0.1, -0.05) is 79.7 Å². The number of rotatable bonds is 29. The molecule has 0 radical (unpaired) electrons. The van der Waals surface area contributed by atoms with E-state index < -0.39 is 360 Å². The van der Waals surface area contributed by atoms with Gasteiger partial charge in [-0.15, -0.1) is 6.58 Å². The van der Waals surface area contributed by atoms with Crippen molar-refractivity contribution >= 4 is 23.8 Å². The number of fused-ring (bicyclic) bond motifs is 7. The SMILES string of the molecule is C.C=CC(C)(O)CC/C=C(\C)C(=O)OCC1OC(OC(=O)C23CCC4(C)C(=CCC5C6(C)CCC(OC7OC(COC8OC(CO)C(O)C(O)C8O)C(OC8OCC(O)C(O)C8OC8OCC(O)C(O)C8O)C(O)C7NC(C)=O)C(C)(C)C6CCC54C)C2CC(C)(C)C(O)C3O)C(OC2OCC(OC3OCC(O)(CO)C3O)C(O)C2O)C(O)C1OC1OC(CO)C(OC(C)=O)C(O)C1O. The molecule has 5 aliphatic carbocycles. The lowest BCUT2D eigenvalue weighted by Gasteiger charge is -2.71. The minimum Gasteiger partial charge on any atom is -0.459 e. The zero-order chi connectivity index (χ0) is 97.5. The van der Waals surface area contributed by atoms with Crippen molar-refractivity contribution in [2.45, 2.75) is 386 Å². The highest BCUT2D eigenvalue weighted by Crippen LogP contribution is 2.76. The van der Waals surface area contributed by atoms with Crippen LogP contribution in [0.5, 0.6) is 0 Å². The summed E-state index contributed by atoms with van der Waals surface area (Å²) in [5.74, 6) is -5.15. The van der Waals surface area contributed by atoms with E-state index in [-0.39, 0.29) is 56.9 Å². The van der Waals surface area contributed by atoms with Crippen molar-refractivity contribution in [3.63, 3.8) is 0 Å². The molecule has 1 amide bonds. The van der Waals surface area contributed by atoms with Gasteiger partial charge >= 0.3 is 17.9 Å². The Kier molecular flexibility index (Phi) is 34.2. The standard InChI is InChI=1S/C88H139NO44.CH4/c1-13-83(9,114)20-14-15-35(2)71(112)116-31-45-65(129-76-61(107)57(103)63(122-37(4)94)43(27-91)124-76)62(108)67(132-75-59(105)54(100)44(30-119-75)125-79-70(111)87(115,33-92)34-121-79)78(127-45)133-80(113)88-24-23-85(11)38(39(88)25-81(5,6)68(109)69(88)110)16-17-48-84(10)21-19-49(82(7,8)47(84)18-22-86(48,85)12)128-72-50(89-36(3)93)55(101)64(46(126-72)32-120-73-60(106)56(102)53(99)42(26-90)123-73)130-77-66(52(98)41(96)29-118-77)131-74-58(104)51(97)40(95)28-117-74;/h13,15-16,39-70,72-79,90-92,95-111,114-115H,1,14,17-34H2,2-12H3,(H,89,93);1H4/b35-15+;. The highest BCUT2D eigenvalue weighted by Gasteiger charge is 2.74. The fourth-order valence-electron chi connectivity index (χ4n) is 23.1. The number of aliphatic hydroxyl groups excluding tert-OH is 20. The van der Waals surface area contributed by atoms with Crippen LogP contribution in [0, 0.1) is 50.2 Å². The average molecular weight is 1930 g/mol. The second kappa shape index (κ2) is 42.3. The van der Waals surface area contributed by atoms with Crippen LogP contribution in [-0.2, 0) is 104 Å². The lowest BCUT2D eigenvalue weighted by molar-refractivity contribution is -0.381. The number of esters is 3. The molecule has 46 atom stereocenters. The smallest absolute Gasteiger partial charge is 0.333 e. The molecule has 46 unspecified atom stereocenters. The van der Waals surface area contributed by atoms with Crippen LogP contribution >= 0.6 is 0 Å². The molecule has 0 aromatic rings. The van der Waals surface area contributed by atoms with E-state index in [0.717, 1.165) is 12.5 Å². The van der Waals surface area contributed by atoms with Crippen molar-refractivity contribution in [3.8, 4) is 0 Å². The summed E-state index contributed by atoms with van der Waals surface area (Å²) >= 11 is 0. The van der Waals surface area contributed by atoms with Crippen molar-refractivity contribution in [1.29, 1.82) is 0 Å². The Labute approximate surface area is 774 Å². The summed E-state index contributed by atoms with van der Waals surface area (Å²) in [7, 11) is 0. The van der Waals surface area contributed by atoms with Gasteiger partial charge in [-0.25, -0.2) is 4.79 Å². The normalized spacial score (nSPS) is 48.8. The summed E-state index contributed by atoms with van der Waals surface area (Å²) < 4.78 is 109. The van der Waals surface area contributed by atoms with E-state index in [4.69, 9.17) is 85.3 Å². The highest BCUT2D eigenvalue weighted by molar-refractivity contribution is 5.87. The van der Waals surface area contributed by atoms with Crippen molar-refractivity contribution in [1.82, 2.24) is 5.32 Å². The van der Waals surface area contributed by atoms with Gasteiger partial charge < -0.3 is 203 Å². The third-order valence-corrected chi connectivity index (χ3v) is 31.4. The molecule has 134 heavy (non-hydrogen) atoms. The van der Waals surface area contributed by atoms with E-state index in [9.17, 15) is 127 Å². The molecule has 4 saturated carbocycles. The fraction of sp³-hybridized carbons (Fsp3) is 0.888. The molecular weight excluding hydrogens is 1790 g/mol. The monoisotopic (exact) mass is 1930 g/mol. The molecule has 45 heteroatoms. The van der Waals surface area contributed by atoms with Gasteiger partial charge in [0.05, 0.1) is 76.8 Å². The number of allylic oxidation sites excluding steroid dienone is 3. The highest BCUT2D eigenvalue weighted by atomic mass is 16.8. The number of hydrogen-bond acceptors (Lipinski definition) is 44. The molecule has 768 valence electrons. The largest absolute Gasteiger partial charge is 0.459 e. The van der Waals surface area contributed by atoms with Crippen molar-refractivity contribution in [2.24, 2.45) is 50.2 Å². The zero-order valence-electron chi connectivity index (χ0n) is 76.3. The number of carbonyl (C=O) groups excluding carboxylic acids is 4. The quantitative estimate of drug-likeness (QED) is 0.0109. The summed E-state index contributed by atoms with van der Waals surface area (Å²) in [4.78, 5) is 56.4. The van der Waals surface area contributed by atoms with Crippen LogP contribution in [0.25, 0.3) is 0 Å². The maximum atomic E-state index is 16.6. The number of carbonyl (C=O) groups is 4. The molecule has 45 nitrogen and oxygen atoms in total. The lowest BCUT2D eigenvalue weighted by Crippen LogP contribution is -2.70. The van der Waals surface area contributed by atoms with Gasteiger partial charge in [0, 0.05) is 19.4 Å². The molecule has 13 aliphatic rings. The molecule has 8 heterocycles. The number of nitrogens with one attached hydrogen (secondary N) is 1. The molecule has 13 rings (SSSR count). The lowest BCUT2D eigenvalue weighted by atomic mass is 9.33. The second-order valence-corrected chi connectivity index (χ2v) is 40.7. The van der Waals surface area contributed by atoms with Crippen LogP contribution in [0.1, 0.15) is 148 Å². The van der Waals surface area contributed by atoms with E-state index in [1.54, 1.807) is 13.8 Å². The van der Waals surface area contributed by atoms with E-state index in [1.165, 1.54) is 32.9 Å². The van der Waals surface area contributed by atoms with Crippen LogP contribution in [0.4, 0.5) is 0 Å². The van der Waals surface area contributed by atoms with E-state index in [2.05, 4.69) is 38.7 Å². The minimum absolute atomic E-state index is 0. The van der Waals surface area contributed by atoms with Gasteiger partial charge in [-0.05, 0) is 123 Å². The van der Waals surface area contributed by atoms with E-state index >= 15 is 4.79 Å². The van der Waals surface area contributed by atoms with E-state index in [1.807, 2.05) is 13.8 Å². The molecule has 8 aliphatic heterocycles. The second-order valence-electron chi connectivity index (χ2n) is 40.7. The van der Waals surface area contributed by atoms with Gasteiger partial charge in [0.1, 0.15) is 164 Å². The summed E-state index contributed by atoms with van der Waals surface area (Å²) in [6, 6.07) is -1.52. The van der Waals surface area contributed by atoms with Gasteiger partial charge in [-0.2, -0.15) is 0 Å². The zero-order valence-corrected chi connectivity index (χ0v) is 76.3. The maximum absolute atomic E-state index is 16.6. The third-order valence-electron chi connectivity index (χ3n) is 31.4. The Hall–Kier alpha value is -4.38. The summed E-state index contributed by atoms with van der Waals surface area (Å²) in [5.41, 5.74) is -8.87. The first kappa shape index (κ1) is 108. The van der Waals surface area contributed by atoms with Crippen LogP contribution in [0.15, 0.2) is 36.0 Å². The van der Waals surface area contributed by atoms with Crippen LogP contribution in [0.2, 0.25) is 0 Å². The van der Waals surface area contributed by atoms with Gasteiger partial charge in [-0.3, -0.25) is 14.4 Å². The average Bonchev–Trinajstić information content (AvgIpc) is 0.702. The Bertz CT molecular complexity index is 4050. The van der Waals surface area contributed by atoms with Crippen LogP contribution in [-0.4, -0.2) is 434 Å². The van der Waals surface area contributed by atoms with Gasteiger partial charge in [0.15, 0.2) is 56.2 Å². The van der Waals surface area contributed by atoms with E-state index in [0.29, 0.717) is 32.1 Å². The number of amides is 1. The molecule has 12 fully saturated rings. The molecule has 23 N–H and O–H groups in total. The van der Waals surface area contributed by atoms with Crippen LogP contribution in [0.3, 0.4) is 0 Å². The summed E-state index contributed by atoms with van der Waals surface area (Å²) in [6.45, 7) is 15.9. The topological polar surface area (TPSA) is 692 Å². The van der Waals surface area contributed by atoms with Crippen molar-refractivity contribution in [2.75, 3.05) is 59.5 Å². The molecule has 0 aromatic carbocycles. The maximum Gasteiger partial charge on any atom is 0.333 e. The molecule has 0 bridgehead atoms. The van der Waals surface area contributed by atoms with Gasteiger partial charge in [0.2, 0.25) is 12.2 Å². The van der Waals surface area contributed by atoms with Gasteiger partial charge in [0.25, 0.3) is 0 Å². The predicted octanol–water partition coefficient (Wildman–Crippen LogP) is -6.67. The summed E-state index contributed by atoms with van der Waals surface area (Å²) in [5, 5.41) is 251. The molecule has 0 aromatic heterocycles. The number of ether oxygens (including phenoxy) is 18. The molecule has 8 saturated heterocycles. The van der Waals surface area contributed by atoms with Crippen LogP contribution < -0.4 is 5.32 Å². The molecule has 0 spiro atoms. The number of hydrogen-bond donors (Lipinski definition) is 23. The Morgan fingerprint density at radius 1 is 0.537 bits per heavy atom. The Morgan fingerprint density at radius 2 is 1.11 bits per heavy atom. The fourth-order valence-corrected chi connectivity index (χ4v) is 23.1.